The van der Waals surface area contributed by atoms with Crippen molar-refractivity contribution < 1.29 is 12.8 Å². The highest BCUT2D eigenvalue weighted by molar-refractivity contribution is 7.90. The Morgan fingerprint density at radius 2 is 1.52 bits per heavy atom. The fraction of sp³-hybridized carbons (Fsp3) is 0.300. The lowest BCUT2D eigenvalue weighted by molar-refractivity contribution is 0.568. The molecule has 0 unspecified atom stereocenters. The van der Waals surface area contributed by atoms with Crippen LogP contribution in [0.15, 0.2) is 47.4 Å². The molecule has 2 nitrogen and oxygen atoms in total. The van der Waals surface area contributed by atoms with E-state index in [2.05, 4.69) is 0 Å². The topological polar surface area (TPSA) is 34.1 Å². The van der Waals surface area contributed by atoms with E-state index in [4.69, 9.17) is 11.6 Å². The van der Waals surface area contributed by atoms with Gasteiger partial charge in [0.25, 0.3) is 0 Å². The van der Waals surface area contributed by atoms with E-state index in [0.717, 1.165) is 24.0 Å². The van der Waals surface area contributed by atoms with Gasteiger partial charge in [0, 0.05) is 6.26 Å². The number of sulfone groups is 1. The highest BCUT2D eigenvalue weighted by Gasteiger charge is 2.48. The molecule has 0 atom stereocenters. The Kier molecular flexibility index (Phi) is 3.82. The third-order valence-corrected chi connectivity index (χ3v) is 6.74. The number of allylic oxidation sites excluding steroid dienone is 2. The van der Waals surface area contributed by atoms with Gasteiger partial charge in [-0.1, -0.05) is 29.8 Å². The normalized spacial score (nSPS) is 18.8. The Bertz CT molecular complexity index is 987. The van der Waals surface area contributed by atoms with Crippen LogP contribution in [0.5, 0.6) is 0 Å². The molecule has 1 saturated carbocycles. The van der Waals surface area contributed by atoms with Crippen LogP contribution in [0.2, 0.25) is 5.02 Å². The lowest BCUT2D eigenvalue weighted by Gasteiger charge is -2.10. The minimum Gasteiger partial charge on any atom is -0.224 e. The highest BCUT2D eigenvalue weighted by Crippen LogP contribution is 2.63. The van der Waals surface area contributed by atoms with Gasteiger partial charge in [-0.2, -0.15) is 0 Å². The maximum Gasteiger partial charge on any atom is 0.175 e. The molecule has 25 heavy (non-hydrogen) atoms. The lowest BCUT2D eigenvalue weighted by Crippen LogP contribution is -1.97. The van der Waals surface area contributed by atoms with Crippen molar-refractivity contribution in [3.05, 3.63) is 64.4 Å². The van der Waals surface area contributed by atoms with E-state index in [1.54, 1.807) is 24.3 Å². The average Bonchev–Trinajstić information content (AvgIpc) is 3.20. The van der Waals surface area contributed by atoms with Gasteiger partial charge in [0.15, 0.2) is 9.84 Å². The largest absolute Gasteiger partial charge is 0.224 e. The molecule has 2 aromatic rings. The third kappa shape index (κ3) is 3.13. The zero-order valence-electron chi connectivity index (χ0n) is 13.9. The van der Waals surface area contributed by atoms with E-state index >= 15 is 0 Å². The van der Waals surface area contributed by atoms with Gasteiger partial charge < -0.3 is 0 Å². The molecule has 1 fully saturated rings. The summed E-state index contributed by atoms with van der Waals surface area (Å²) in [6, 6.07) is 11.9. The van der Waals surface area contributed by atoms with Crippen molar-refractivity contribution in [1.82, 2.24) is 0 Å². The van der Waals surface area contributed by atoms with Crippen molar-refractivity contribution in [2.45, 2.75) is 30.6 Å². The fourth-order valence-electron chi connectivity index (χ4n) is 3.70. The van der Waals surface area contributed by atoms with E-state index < -0.39 is 15.7 Å². The number of benzene rings is 2. The number of rotatable bonds is 3. The predicted octanol–water partition coefficient (Wildman–Crippen LogP) is 5.37. The lowest BCUT2D eigenvalue weighted by atomic mass is 9.97. The molecule has 0 aliphatic heterocycles. The second-order valence-corrected chi connectivity index (χ2v) is 9.66. The molecular formula is C20H18ClFO2S. The first kappa shape index (κ1) is 16.8. The van der Waals surface area contributed by atoms with E-state index in [-0.39, 0.29) is 5.02 Å². The molecule has 0 heterocycles. The molecular weight excluding hydrogens is 359 g/mol. The summed E-state index contributed by atoms with van der Waals surface area (Å²) in [5.41, 5.74) is 4.75. The highest BCUT2D eigenvalue weighted by atomic mass is 35.5. The standard InChI is InChI=1S/C20H18ClFO2S/c1-25(23,24)15-5-2-13(3-6-15)16-11-20(8-9-20)12-17(16)14-4-7-19(22)18(21)10-14/h2-7,10H,8-9,11-12H2,1H3. The molecule has 2 aliphatic carbocycles. The second-order valence-electron chi connectivity index (χ2n) is 7.24. The van der Waals surface area contributed by atoms with Gasteiger partial charge in [-0.15, -0.1) is 0 Å². The van der Waals surface area contributed by atoms with Gasteiger partial charge in [-0.25, -0.2) is 12.8 Å². The summed E-state index contributed by atoms with van der Waals surface area (Å²) >= 11 is 5.98. The zero-order chi connectivity index (χ0) is 17.8. The Hall–Kier alpha value is -1.65. The maximum atomic E-state index is 13.5. The first-order chi connectivity index (χ1) is 11.8. The van der Waals surface area contributed by atoms with Crippen molar-refractivity contribution in [3.8, 4) is 0 Å². The Balaban J connectivity index is 1.79. The Morgan fingerprint density at radius 3 is 2.04 bits per heavy atom. The molecule has 0 N–H and O–H groups in total. The van der Waals surface area contributed by atoms with Crippen molar-refractivity contribution >= 4 is 32.6 Å². The van der Waals surface area contributed by atoms with Gasteiger partial charge in [0.2, 0.25) is 0 Å². The van der Waals surface area contributed by atoms with Crippen LogP contribution in [0.1, 0.15) is 36.8 Å². The van der Waals surface area contributed by atoms with E-state index in [0.29, 0.717) is 10.3 Å². The minimum atomic E-state index is -3.20. The molecule has 2 aromatic carbocycles. The van der Waals surface area contributed by atoms with Crippen LogP contribution < -0.4 is 0 Å². The SMILES string of the molecule is CS(=O)(=O)c1ccc(C2=C(c3ccc(F)c(Cl)c3)CC3(CC3)C2)cc1. The van der Waals surface area contributed by atoms with Gasteiger partial charge >= 0.3 is 0 Å². The fourth-order valence-corrected chi connectivity index (χ4v) is 4.51. The first-order valence-corrected chi connectivity index (χ1v) is 10.5. The molecule has 2 aliphatic rings. The van der Waals surface area contributed by atoms with Gasteiger partial charge in [0.05, 0.1) is 9.92 Å². The van der Waals surface area contributed by atoms with Crippen molar-refractivity contribution in [2.75, 3.05) is 6.26 Å². The molecule has 0 radical (unpaired) electrons. The van der Waals surface area contributed by atoms with Crippen LogP contribution in [-0.4, -0.2) is 14.7 Å². The molecule has 5 heteroatoms. The Morgan fingerprint density at radius 1 is 0.960 bits per heavy atom. The number of hydrogen-bond donors (Lipinski definition) is 0. The van der Waals surface area contributed by atoms with Gasteiger partial charge in [-0.05, 0) is 77.6 Å². The van der Waals surface area contributed by atoms with E-state index in [1.807, 2.05) is 12.1 Å². The average molecular weight is 377 g/mol. The van der Waals surface area contributed by atoms with Crippen LogP contribution in [0.3, 0.4) is 0 Å². The monoisotopic (exact) mass is 376 g/mol. The van der Waals surface area contributed by atoms with Crippen LogP contribution in [0, 0.1) is 11.2 Å². The quantitative estimate of drug-likeness (QED) is 0.721. The molecule has 1 spiro atoms. The van der Waals surface area contributed by atoms with Gasteiger partial charge in [-0.3, -0.25) is 0 Å². The van der Waals surface area contributed by atoms with Crippen LogP contribution in [-0.2, 0) is 9.84 Å². The summed E-state index contributed by atoms with van der Waals surface area (Å²) in [5.74, 6) is -0.413. The molecule has 0 bridgehead atoms. The number of hydrogen-bond acceptors (Lipinski definition) is 2. The van der Waals surface area contributed by atoms with Crippen LogP contribution >= 0.6 is 11.6 Å². The van der Waals surface area contributed by atoms with Crippen molar-refractivity contribution in [2.24, 2.45) is 5.41 Å². The van der Waals surface area contributed by atoms with Gasteiger partial charge in [0.1, 0.15) is 5.82 Å². The third-order valence-electron chi connectivity index (χ3n) is 5.32. The predicted molar refractivity (Wildman–Crippen MR) is 98.7 cm³/mol. The number of halogens is 2. The molecule has 4 rings (SSSR count). The van der Waals surface area contributed by atoms with Crippen molar-refractivity contribution in [1.29, 1.82) is 0 Å². The summed E-state index contributed by atoms with van der Waals surface area (Å²) < 4.78 is 36.9. The summed E-state index contributed by atoms with van der Waals surface area (Å²) in [6.45, 7) is 0. The minimum absolute atomic E-state index is 0.133. The molecule has 0 aromatic heterocycles. The molecule has 130 valence electrons. The zero-order valence-corrected chi connectivity index (χ0v) is 15.4. The Labute approximate surface area is 152 Å². The molecule has 0 saturated heterocycles. The second kappa shape index (κ2) is 5.68. The summed E-state index contributed by atoms with van der Waals surface area (Å²) in [7, 11) is -3.20. The molecule has 0 amide bonds. The van der Waals surface area contributed by atoms with E-state index in [9.17, 15) is 12.8 Å². The maximum absolute atomic E-state index is 13.5. The summed E-state index contributed by atoms with van der Waals surface area (Å²) in [6.07, 6.45) is 5.57. The first-order valence-electron chi connectivity index (χ1n) is 8.25. The summed E-state index contributed by atoms with van der Waals surface area (Å²) in [5, 5.41) is 0.133. The van der Waals surface area contributed by atoms with Crippen LogP contribution in [0.4, 0.5) is 4.39 Å². The summed E-state index contributed by atoms with van der Waals surface area (Å²) in [4.78, 5) is 0.322. The smallest absolute Gasteiger partial charge is 0.175 e. The van der Waals surface area contributed by atoms with E-state index in [1.165, 1.54) is 36.3 Å². The van der Waals surface area contributed by atoms with Crippen LogP contribution in [0.25, 0.3) is 11.1 Å². The van der Waals surface area contributed by atoms with Crippen molar-refractivity contribution in [3.63, 3.8) is 0 Å².